The molecule has 0 fully saturated rings. The molecule has 1 aromatic heterocycles. The van der Waals surface area contributed by atoms with Gasteiger partial charge in [0.2, 0.25) is 19.5 Å². The number of rotatable bonds is 10. The van der Waals surface area contributed by atoms with Crippen molar-refractivity contribution in [3.8, 4) is 23.0 Å². The molecule has 0 aliphatic carbocycles. The minimum atomic E-state index is -0.265. The monoisotopic (exact) mass is 602 g/mol. The summed E-state index contributed by atoms with van der Waals surface area (Å²) in [5.41, 5.74) is 2.37. The molecule has 43 heavy (non-hydrogen) atoms. The van der Waals surface area contributed by atoms with E-state index in [0.717, 1.165) is 17.5 Å². The predicted octanol–water partition coefficient (Wildman–Crippen LogP) is 3.84. The van der Waals surface area contributed by atoms with Gasteiger partial charge in [-0.05, 0) is 54.8 Å². The van der Waals surface area contributed by atoms with Gasteiger partial charge in [0.05, 0.1) is 23.2 Å². The van der Waals surface area contributed by atoms with Crippen molar-refractivity contribution in [3.05, 3.63) is 81.6 Å². The second-order valence-electron chi connectivity index (χ2n) is 10.2. The van der Waals surface area contributed by atoms with Crippen LogP contribution in [-0.2, 0) is 17.9 Å². The third kappa shape index (κ3) is 6.24. The summed E-state index contributed by atoms with van der Waals surface area (Å²) < 4.78 is 23.2. The average molecular weight is 603 g/mol. The second kappa shape index (κ2) is 12.3. The van der Waals surface area contributed by atoms with Gasteiger partial charge in [0.1, 0.15) is 0 Å². The summed E-state index contributed by atoms with van der Waals surface area (Å²) >= 11 is 1.20. The number of hydrogen-bond donors (Lipinski definition) is 2. The molecular weight excluding hydrogens is 572 g/mol. The van der Waals surface area contributed by atoms with E-state index in [-0.39, 0.29) is 49.3 Å². The zero-order valence-corrected chi connectivity index (χ0v) is 24.5. The maximum Gasteiger partial charge on any atom is 0.262 e. The van der Waals surface area contributed by atoms with E-state index >= 15 is 0 Å². The van der Waals surface area contributed by atoms with Gasteiger partial charge in [0, 0.05) is 24.2 Å². The Hall–Kier alpha value is -4.71. The summed E-state index contributed by atoms with van der Waals surface area (Å²) in [5, 5.41) is 6.65. The smallest absolute Gasteiger partial charge is 0.262 e. The van der Waals surface area contributed by atoms with Crippen molar-refractivity contribution >= 4 is 34.5 Å². The summed E-state index contributed by atoms with van der Waals surface area (Å²) in [5.74, 6) is 2.10. The number of fused-ring (bicyclic) bond motifs is 3. The molecule has 0 bridgehead atoms. The van der Waals surface area contributed by atoms with Gasteiger partial charge in [0.25, 0.3) is 11.5 Å². The van der Waals surface area contributed by atoms with Crippen molar-refractivity contribution in [2.75, 3.05) is 19.3 Å². The number of nitrogens with one attached hydrogen (secondary N) is 2. The summed E-state index contributed by atoms with van der Waals surface area (Å²) in [7, 11) is 0. The van der Waals surface area contributed by atoms with Gasteiger partial charge in [-0.3, -0.25) is 19.0 Å². The molecule has 0 saturated heterocycles. The van der Waals surface area contributed by atoms with Crippen molar-refractivity contribution in [2.24, 2.45) is 0 Å². The zero-order chi connectivity index (χ0) is 29.9. The molecule has 12 heteroatoms. The Morgan fingerprint density at radius 3 is 2.35 bits per heavy atom. The van der Waals surface area contributed by atoms with E-state index in [1.54, 1.807) is 41.0 Å². The van der Waals surface area contributed by atoms with Crippen molar-refractivity contribution in [1.82, 2.24) is 20.2 Å². The highest BCUT2D eigenvalue weighted by atomic mass is 32.2. The van der Waals surface area contributed by atoms with Crippen LogP contribution < -0.4 is 35.1 Å². The lowest BCUT2D eigenvalue weighted by Gasteiger charge is -2.15. The first-order valence-corrected chi connectivity index (χ1v) is 14.9. The standard InChI is InChI=1S/C31H30N4O7S/c1-3-18(2)33-28(36)15-43-31-34-23-12-27-26(41-17-42-27)11-22(23)30(38)35(31)14-19-4-7-21(8-5-19)29(37)32-13-20-6-9-24-25(10-20)40-16-39-24/h4-12,18H,3,13-17H2,1-2H3,(H,32,37)(H,33,36)/t18-/m1/s1. The fourth-order valence-electron chi connectivity index (χ4n) is 4.67. The van der Waals surface area contributed by atoms with Crippen LogP contribution in [-0.4, -0.2) is 46.7 Å². The van der Waals surface area contributed by atoms with E-state index in [1.807, 2.05) is 32.0 Å². The lowest BCUT2D eigenvalue weighted by molar-refractivity contribution is -0.119. The van der Waals surface area contributed by atoms with Crippen LogP contribution in [0.3, 0.4) is 0 Å². The third-order valence-corrected chi connectivity index (χ3v) is 8.19. The molecule has 4 aromatic rings. The van der Waals surface area contributed by atoms with E-state index in [2.05, 4.69) is 10.6 Å². The second-order valence-corrected chi connectivity index (χ2v) is 11.2. The first kappa shape index (κ1) is 28.4. The first-order chi connectivity index (χ1) is 20.9. The summed E-state index contributed by atoms with van der Waals surface area (Å²) in [6.45, 7) is 4.74. The normalized spacial score (nSPS) is 13.6. The number of hydrogen-bond acceptors (Lipinski definition) is 9. The van der Waals surface area contributed by atoms with Crippen molar-refractivity contribution < 1.29 is 28.5 Å². The third-order valence-electron chi connectivity index (χ3n) is 7.21. The number of nitrogens with zero attached hydrogens (tertiary/aromatic N) is 2. The van der Waals surface area contributed by atoms with Crippen LogP contribution in [0.4, 0.5) is 0 Å². The average Bonchev–Trinajstić information content (AvgIpc) is 3.68. The molecule has 0 saturated carbocycles. The van der Waals surface area contributed by atoms with Gasteiger partial charge in [-0.1, -0.05) is 36.9 Å². The highest BCUT2D eigenvalue weighted by Crippen LogP contribution is 2.35. The van der Waals surface area contributed by atoms with Gasteiger partial charge >= 0.3 is 0 Å². The predicted molar refractivity (Wildman–Crippen MR) is 160 cm³/mol. The topological polar surface area (TPSA) is 130 Å². The van der Waals surface area contributed by atoms with Crippen LogP contribution in [0.2, 0.25) is 0 Å². The van der Waals surface area contributed by atoms with E-state index in [1.165, 1.54) is 11.8 Å². The Labute approximate surface area is 251 Å². The molecule has 0 unspecified atom stereocenters. The van der Waals surface area contributed by atoms with Gasteiger partial charge in [-0.15, -0.1) is 0 Å². The minimum Gasteiger partial charge on any atom is -0.454 e. The molecule has 222 valence electrons. The number of ether oxygens (including phenoxy) is 4. The maximum absolute atomic E-state index is 13.7. The molecule has 6 rings (SSSR count). The fourth-order valence-corrected chi connectivity index (χ4v) is 5.48. The lowest BCUT2D eigenvalue weighted by Crippen LogP contribution is -2.33. The molecule has 2 aliphatic heterocycles. The van der Waals surface area contributed by atoms with Crippen LogP contribution in [0.15, 0.2) is 64.5 Å². The van der Waals surface area contributed by atoms with E-state index < -0.39 is 0 Å². The molecule has 0 radical (unpaired) electrons. The molecule has 1 atom stereocenters. The van der Waals surface area contributed by atoms with Crippen LogP contribution in [0.1, 0.15) is 41.8 Å². The van der Waals surface area contributed by atoms with Crippen molar-refractivity contribution in [1.29, 1.82) is 0 Å². The molecule has 0 spiro atoms. The van der Waals surface area contributed by atoms with Crippen LogP contribution in [0.25, 0.3) is 10.9 Å². The molecule has 11 nitrogen and oxygen atoms in total. The Morgan fingerprint density at radius 2 is 1.60 bits per heavy atom. The van der Waals surface area contributed by atoms with Gasteiger partial charge in [0.15, 0.2) is 28.2 Å². The van der Waals surface area contributed by atoms with Crippen molar-refractivity contribution in [3.63, 3.8) is 0 Å². The van der Waals surface area contributed by atoms with Crippen LogP contribution in [0.5, 0.6) is 23.0 Å². The maximum atomic E-state index is 13.7. The summed E-state index contributed by atoms with van der Waals surface area (Å²) in [6.07, 6.45) is 0.814. The van der Waals surface area contributed by atoms with Crippen LogP contribution in [0, 0.1) is 0 Å². The van der Waals surface area contributed by atoms with E-state index in [9.17, 15) is 14.4 Å². The van der Waals surface area contributed by atoms with Gasteiger partial charge in [-0.2, -0.15) is 0 Å². The summed E-state index contributed by atoms with van der Waals surface area (Å²) in [6, 6.07) is 16.0. The Balaban J connectivity index is 1.20. The Kier molecular flexibility index (Phi) is 8.10. The van der Waals surface area contributed by atoms with E-state index in [4.69, 9.17) is 23.9 Å². The largest absolute Gasteiger partial charge is 0.454 e. The highest BCUT2D eigenvalue weighted by Gasteiger charge is 2.20. The molecular formula is C31H30N4O7S. The van der Waals surface area contributed by atoms with E-state index in [0.29, 0.717) is 51.2 Å². The minimum absolute atomic E-state index is 0.0484. The number of amides is 2. The number of benzene rings is 3. The molecule has 2 aliphatic rings. The molecule has 2 N–H and O–H groups in total. The Morgan fingerprint density at radius 1 is 0.930 bits per heavy atom. The van der Waals surface area contributed by atoms with Gasteiger partial charge in [-0.25, -0.2) is 4.98 Å². The molecule has 2 amide bonds. The van der Waals surface area contributed by atoms with Crippen molar-refractivity contribution in [2.45, 2.75) is 44.6 Å². The van der Waals surface area contributed by atoms with Crippen LogP contribution >= 0.6 is 11.8 Å². The summed E-state index contributed by atoms with van der Waals surface area (Å²) in [4.78, 5) is 43.8. The highest BCUT2D eigenvalue weighted by molar-refractivity contribution is 7.99. The number of carbonyl (C=O) groups is 2. The fraction of sp³-hybridized carbons (Fsp3) is 0.290. The Bertz CT molecular complexity index is 1760. The first-order valence-electron chi connectivity index (χ1n) is 13.9. The number of aromatic nitrogens is 2. The number of thioether (sulfide) groups is 1. The zero-order valence-electron chi connectivity index (χ0n) is 23.7. The molecule has 3 heterocycles. The SMILES string of the molecule is CC[C@@H](C)NC(=O)CSc1nc2cc3c(cc2c(=O)n1Cc1ccc(C(=O)NCc2ccc4c(c2)OCO4)cc1)OCO3. The van der Waals surface area contributed by atoms with Gasteiger partial charge < -0.3 is 29.6 Å². The number of carbonyl (C=O) groups excluding carboxylic acids is 2. The quantitative estimate of drug-likeness (QED) is 0.205. The molecule has 3 aromatic carbocycles. The lowest BCUT2D eigenvalue weighted by atomic mass is 10.1.